The number of benzene rings is 4. The zero-order valence-corrected chi connectivity index (χ0v) is 18.8. The van der Waals surface area contributed by atoms with Crippen LogP contribution in [0.3, 0.4) is 0 Å². The van der Waals surface area contributed by atoms with E-state index in [2.05, 4.69) is 11.9 Å². The van der Waals surface area contributed by atoms with Gasteiger partial charge in [0.1, 0.15) is 17.1 Å². The van der Waals surface area contributed by atoms with Crippen molar-refractivity contribution in [2.24, 2.45) is 0 Å². The van der Waals surface area contributed by atoms with Gasteiger partial charge in [-0.3, -0.25) is 9.59 Å². The summed E-state index contributed by atoms with van der Waals surface area (Å²) in [6, 6.07) is 20.3. The fraction of sp³-hybridized carbons (Fsp3) is 0. The van der Waals surface area contributed by atoms with Crippen LogP contribution in [0, 0.1) is 0 Å². The third-order valence-corrected chi connectivity index (χ3v) is 5.84. The molecule has 176 valence electrons. The molecule has 1 aliphatic carbocycles. The highest BCUT2D eigenvalue weighted by atomic mass is 16.4. The number of aromatic hydroxyl groups is 1. The van der Waals surface area contributed by atoms with Crippen molar-refractivity contribution in [3.63, 3.8) is 0 Å². The average Bonchev–Trinajstić information content (AvgIpc) is 2.87. The van der Waals surface area contributed by atoms with Crippen LogP contribution in [0.4, 0.5) is 5.69 Å². The van der Waals surface area contributed by atoms with Crippen molar-refractivity contribution < 1.29 is 24.2 Å². The molecule has 0 bridgehead atoms. The molecule has 7 heteroatoms. The van der Waals surface area contributed by atoms with Gasteiger partial charge in [-0.1, -0.05) is 30.9 Å². The first-order chi connectivity index (χ1) is 17.3. The molecular formula is C29H19NO6. The number of fused-ring (bicyclic) bond motifs is 2. The Morgan fingerprint density at radius 3 is 2.50 bits per heavy atom. The molecular weight excluding hydrogens is 458 g/mol. The number of carbonyl (C=O) groups is 2. The number of phenols is 1. The summed E-state index contributed by atoms with van der Waals surface area (Å²) >= 11 is 0. The lowest BCUT2D eigenvalue weighted by molar-refractivity contribution is 0.0697. The minimum absolute atomic E-state index is 0.0353. The quantitative estimate of drug-likeness (QED) is 0.273. The maximum Gasteiger partial charge on any atom is 0.336 e. The fourth-order valence-electron chi connectivity index (χ4n) is 4.18. The molecule has 7 nitrogen and oxygen atoms in total. The lowest BCUT2D eigenvalue weighted by Crippen LogP contribution is -2.13. The number of rotatable bonds is 5. The summed E-state index contributed by atoms with van der Waals surface area (Å²) in [5, 5.41) is 23.3. The van der Waals surface area contributed by atoms with E-state index >= 15 is 0 Å². The second-order valence-corrected chi connectivity index (χ2v) is 8.16. The number of carboxylic acids is 1. The number of amides is 1. The molecule has 1 amide bonds. The Labute approximate surface area is 204 Å². The second kappa shape index (κ2) is 8.88. The van der Waals surface area contributed by atoms with E-state index in [0.717, 1.165) is 5.56 Å². The second-order valence-electron chi connectivity index (χ2n) is 8.16. The van der Waals surface area contributed by atoms with E-state index in [1.165, 1.54) is 30.3 Å². The van der Waals surface area contributed by atoms with Gasteiger partial charge in [-0.05, 0) is 59.7 Å². The zero-order chi connectivity index (χ0) is 25.4. The van der Waals surface area contributed by atoms with Gasteiger partial charge in [0.05, 0.1) is 5.56 Å². The predicted molar refractivity (Wildman–Crippen MR) is 138 cm³/mol. The summed E-state index contributed by atoms with van der Waals surface area (Å²) in [7, 11) is 0. The maximum absolute atomic E-state index is 12.8. The Hall–Kier alpha value is -5.17. The molecule has 0 saturated heterocycles. The first kappa shape index (κ1) is 22.6. The lowest BCUT2D eigenvalue weighted by Gasteiger charge is -2.17. The molecule has 0 atom stereocenters. The van der Waals surface area contributed by atoms with Crippen molar-refractivity contribution >= 4 is 34.6 Å². The summed E-state index contributed by atoms with van der Waals surface area (Å²) in [4.78, 5) is 37.1. The largest absolute Gasteiger partial charge is 0.508 e. The van der Waals surface area contributed by atoms with Gasteiger partial charge < -0.3 is 19.9 Å². The van der Waals surface area contributed by atoms with Crippen molar-refractivity contribution in [2.75, 3.05) is 5.32 Å². The van der Waals surface area contributed by atoms with Crippen molar-refractivity contribution in [2.45, 2.75) is 0 Å². The molecule has 3 aromatic rings. The Kier molecular flexibility index (Phi) is 5.58. The highest BCUT2D eigenvalue weighted by Gasteiger charge is 2.22. The first-order valence-corrected chi connectivity index (χ1v) is 11.0. The SMILES string of the molecule is C=Cc1cccc(C(=O)Nc2ccc(-c3c4ccc(=O)cc-4oc4cc(O)ccc34)c(C(=O)O)c2)c1. The third kappa shape index (κ3) is 4.10. The van der Waals surface area contributed by atoms with Crippen LogP contribution < -0.4 is 10.7 Å². The zero-order valence-electron chi connectivity index (χ0n) is 18.8. The smallest absolute Gasteiger partial charge is 0.336 e. The van der Waals surface area contributed by atoms with Crippen LogP contribution in [0.1, 0.15) is 26.3 Å². The van der Waals surface area contributed by atoms with E-state index in [9.17, 15) is 24.6 Å². The minimum atomic E-state index is -1.20. The molecule has 5 rings (SSSR count). The molecule has 3 aromatic carbocycles. The third-order valence-electron chi connectivity index (χ3n) is 5.84. The van der Waals surface area contributed by atoms with Crippen LogP contribution in [-0.4, -0.2) is 22.1 Å². The molecule has 1 heterocycles. The van der Waals surface area contributed by atoms with Gasteiger partial charge in [-0.15, -0.1) is 0 Å². The topological polar surface area (TPSA) is 117 Å². The summed E-state index contributed by atoms with van der Waals surface area (Å²) in [6.45, 7) is 3.70. The van der Waals surface area contributed by atoms with Crippen molar-refractivity contribution in [3.8, 4) is 28.2 Å². The monoisotopic (exact) mass is 477 g/mol. The molecule has 3 N–H and O–H groups in total. The van der Waals surface area contributed by atoms with Gasteiger partial charge in [0.15, 0.2) is 5.43 Å². The van der Waals surface area contributed by atoms with Gasteiger partial charge in [-0.25, -0.2) is 4.79 Å². The van der Waals surface area contributed by atoms with E-state index in [1.54, 1.807) is 48.5 Å². The molecule has 0 aromatic heterocycles. The first-order valence-electron chi connectivity index (χ1n) is 11.0. The maximum atomic E-state index is 12.8. The van der Waals surface area contributed by atoms with Gasteiger partial charge in [0.2, 0.25) is 0 Å². The van der Waals surface area contributed by atoms with E-state index in [-0.39, 0.29) is 22.5 Å². The number of hydrogen-bond acceptors (Lipinski definition) is 5. The molecule has 1 aliphatic heterocycles. The average molecular weight is 477 g/mol. The van der Waals surface area contributed by atoms with Gasteiger partial charge >= 0.3 is 5.97 Å². The van der Waals surface area contributed by atoms with Crippen LogP contribution in [0.2, 0.25) is 0 Å². The Bertz CT molecular complexity index is 1720. The number of hydrogen-bond donors (Lipinski definition) is 3. The van der Waals surface area contributed by atoms with Crippen LogP contribution in [0.5, 0.6) is 5.75 Å². The fourth-order valence-corrected chi connectivity index (χ4v) is 4.18. The van der Waals surface area contributed by atoms with E-state index in [4.69, 9.17) is 4.42 Å². The molecule has 0 fully saturated rings. The Balaban J connectivity index is 1.66. The summed E-state index contributed by atoms with van der Waals surface area (Å²) in [6.07, 6.45) is 1.63. The van der Waals surface area contributed by atoms with E-state index < -0.39 is 11.9 Å². The van der Waals surface area contributed by atoms with Crippen LogP contribution in [0.15, 0.2) is 94.7 Å². The van der Waals surface area contributed by atoms with Gasteiger partial charge in [0.25, 0.3) is 5.91 Å². The number of carboxylic acid groups (broad SMARTS) is 1. The lowest BCUT2D eigenvalue weighted by atomic mass is 9.90. The molecule has 0 radical (unpaired) electrons. The number of phenolic OH excluding ortho intramolecular Hbond substituents is 1. The summed E-state index contributed by atoms with van der Waals surface area (Å²) in [5.74, 6) is -1.37. The van der Waals surface area contributed by atoms with Crippen LogP contribution >= 0.6 is 0 Å². The normalized spacial score (nSPS) is 10.9. The Morgan fingerprint density at radius 1 is 0.917 bits per heavy atom. The van der Waals surface area contributed by atoms with Gasteiger partial charge in [0, 0.05) is 39.9 Å². The van der Waals surface area contributed by atoms with Crippen molar-refractivity contribution in [1.82, 2.24) is 0 Å². The van der Waals surface area contributed by atoms with Gasteiger partial charge in [-0.2, -0.15) is 0 Å². The van der Waals surface area contributed by atoms with E-state index in [1.807, 2.05) is 6.07 Å². The van der Waals surface area contributed by atoms with Crippen molar-refractivity contribution in [3.05, 3.63) is 112 Å². The molecule has 36 heavy (non-hydrogen) atoms. The number of anilines is 1. The standard InChI is InChI=1S/C29H19NO6/c1-2-16-4-3-5-17(12-16)28(33)30-18-6-9-21(24(13-18)29(34)35)27-22-10-7-19(31)14-25(22)36-26-15-20(32)8-11-23(26)27/h2-15,31H,1H2,(H,30,33)(H,34,35). The Morgan fingerprint density at radius 2 is 1.72 bits per heavy atom. The highest BCUT2D eigenvalue weighted by Crippen LogP contribution is 2.42. The number of nitrogens with one attached hydrogen (secondary N) is 1. The molecule has 0 unspecified atom stereocenters. The van der Waals surface area contributed by atoms with Crippen molar-refractivity contribution in [1.29, 1.82) is 0 Å². The highest BCUT2D eigenvalue weighted by molar-refractivity contribution is 6.09. The number of carbonyl (C=O) groups excluding carboxylic acids is 1. The molecule has 0 spiro atoms. The minimum Gasteiger partial charge on any atom is -0.508 e. The van der Waals surface area contributed by atoms with Crippen LogP contribution in [-0.2, 0) is 0 Å². The molecule has 2 aliphatic rings. The molecule has 0 saturated carbocycles. The van der Waals surface area contributed by atoms with Crippen LogP contribution in [0.25, 0.3) is 39.5 Å². The predicted octanol–water partition coefficient (Wildman–Crippen LogP) is 5.86. The number of aromatic carboxylic acids is 1. The van der Waals surface area contributed by atoms with E-state index in [0.29, 0.717) is 38.9 Å². The summed E-state index contributed by atoms with van der Waals surface area (Å²) < 4.78 is 5.84. The summed E-state index contributed by atoms with van der Waals surface area (Å²) in [5.41, 5.74) is 2.89.